The second-order valence-corrected chi connectivity index (χ2v) is 5.81. The lowest BCUT2D eigenvalue weighted by atomic mass is 10.2. The molecule has 0 spiro atoms. The second kappa shape index (κ2) is 6.24. The Morgan fingerprint density at radius 3 is 2.90 bits per heavy atom. The average Bonchev–Trinajstić information content (AvgIpc) is 2.92. The van der Waals surface area contributed by atoms with Gasteiger partial charge < -0.3 is 9.84 Å². The van der Waals surface area contributed by atoms with Crippen LogP contribution >= 0.6 is 15.9 Å². The number of aliphatic hydroxyl groups is 1. The summed E-state index contributed by atoms with van der Waals surface area (Å²) in [5.74, 6) is -0.294. The third-order valence-corrected chi connectivity index (χ3v) is 4.69. The lowest BCUT2D eigenvalue weighted by Gasteiger charge is -2.22. The van der Waals surface area contributed by atoms with Gasteiger partial charge in [-0.3, -0.25) is 14.4 Å². The zero-order chi connectivity index (χ0) is 14.9. The van der Waals surface area contributed by atoms with Gasteiger partial charge in [0.25, 0.3) is 0 Å². The van der Waals surface area contributed by atoms with Crippen molar-refractivity contribution in [3.8, 4) is 0 Å². The van der Waals surface area contributed by atoms with E-state index in [2.05, 4.69) is 21.0 Å². The summed E-state index contributed by atoms with van der Waals surface area (Å²) in [4.78, 5) is 13.7. The zero-order valence-corrected chi connectivity index (χ0v) is 13.6. The summed E-state index contributed by atoms with van der Waals surface area (Å²) in [6, 6.07) is -0.387. The number of methoxy groups -OCH3 is 1. The number of β-amino-alcohol motifs (C(OH)–C–C–N with tert-alkyl or cyclic N) is 1. The Morgan fingerprint density at radius 1 is 1.60 bits per heavy atom. The summed E-state index contributed by atoms with van der Waals surface area (Å²) < 4.78 is 7.69. The van der Waals surface area contributed by atoms with Gasteiger partial charge in [-0.1, -0.05) is 0 Å². The minimum atomic E-state index is -0.489. The first-order chi connectivity index (χ1) is 9.47. The molecule has 0 saturated carbocycles. The Balaban J connectivity index is 2.22. The Kier molecular flexibility index (Phi) is 4.82. The maximum absolute atomic E-state index is 11.8. The lowest BCUT2D eigenvalue weighted by Crippen LogP contribution is -2.37. The van der Waals surface area contributed by atoms with Crippen LogP contribution in [0.1, 0.15) is 24.7 Å². The first kappa shape index (κ1) is 15.5. The number of nitrogens with zero attached hydrogens (tertiary/aromatic N) is 3. The molecule has 1 aliphatic heterocycles. The van der Waals surface area contributed by atoms with E-state index in [-0.39, 0.29) is 12.0 Å². The molecule has 1 N–H and O–H groups in total. The van der Waals surface area contributed by atoms with Gasteiger partial charge in [-0.2, -0.15) is 5.10 Å². The van der Waals surface area contributed by atoms with Gasteiger partial charge in [0.2, 0.25) is 0 Å². The number of halogens is 1. The summed E-state index contributed by atoms with van der Waals surface area (Å²) in [7, 11) is 1.38. The molecule has 1 aromatic heterocycles. The smallest absolute Gasteiger partial charge is 0.323 e. The maximum atomic E-state index is 11.8. The Morgan fingerprint density at radius 2 is 2.30 bits per heavy atom. The van der Waals surface area contributed by atoms with Gasteiger partial charge in [0, 0.05) is 26.1 Å². The summed E-state index contributed by atoms with van der Waals surface area (Å²) >= 11 is 3.55. The summed E-state index contributed by atoms with van der Waals surface area (Å²) in [5.41, 5.74) is 1.95. The summed E-state index contributed by atoms with van der Waals surface area (Å²) in [6.45, 7) is 5.77. The van der Waals surface area contributed by atoms with Gasteiger partial charge in [-0.15, -0.1) is 0 Å². The lowest BCUT2D eigenvalue weighted by molar-refractivity contribution is -0.146. The number of likely N-dealkylation sites (tertiary alicyclic amines) is 1. The third kappa shape index (κ3) is 2.89. The van der Waals surface area contributed by atoms with Crippen molar-refractivity contribution in [3.63, 3.8) is 0 Å². The number of aryl methyl sites for hydroxylation is 2. The zero-order valence-electron chi connectivity index (χ0n) is 12.0. The highest BCUT2D eigenvalue weighted by Gasteiger charge is 2.37. The number of aromatic nitrogens is 2. The Bertz CT molecular complexity index is 503. The summed E-state index contributed by atoms with van der Waals surface area (Å²) in [6.07, 6.45) is -0.0687. The van der Waals surface area contributed by atoms with E-state index in [1.54, 1.807) is 0 Å². The predicted octanol–water partition coefficient (Wildman–Crippen LogP) is 1.08. The van der Waals surface area contributed by atoms with Crippen molar-refractivity contribution >= 4 is 21.9 Å². The standard InChI is InChI=1S/C13H20BrN3O3/c1-4-17-11(12(14)8(2)15-17)7-16-6-9(18)5-10(16)13(19)20-3/h9-10,18H,4-7H2,1-3H3. The van der Waals surface area contributed by atoms with Gasteiger partial charge in [0.05, 0.1) is 29.1 Å². The Labute approximate surface area is 126 Å². The fraction of sp³-hybridized carbons (Fsp3) is 0.692. The SMILES string of the molecule is CCn1nc(C)c(Br)c1CN1CC(O)CC1C(=O)OC. The van der Waals surface area contributed by atoms with Crippen molar-refractivity contribution < 1.29 is 14.6 Å². The molecular formula is C13H20BrN3O3. The maximum Gasteiger partial charge on any atom is 0.323 e. The molecule has 7 heteroatoms. The molecule has 2 unspecified atom stereocenters. The van der Waals surface area contributed by atoms with Gasteiger partial charge in [-0.05, 0) is 29.8 Å². The first-order valence-electron chi connectivity index (χ1n) is 6.69. The van der Waals surface area contributed by atoms with E-state index >= 15 is 0 Å². The molecule has 2 heterocycles. The number of ether oxygens (including phenoxy) is 1. The van der Waals surface area contributed by atoms with Crippen LogP contribution < -0.4 is 0 Å². The quantitative estimate of drug-likeness (QED) is 0.827. The highest BCUT2D eigenvalue weighted by Crippen LogP contribution is 2.27. The molecule has 1 aliphatic rings. The topological polar surface area (TPSA) is 67.6 Å². The number of carbonyl (C=O) groups excluding carboxylic acids is 1. The molecule has 2 rings (SSSR count). The molecule has 0 aliphatic carbocycles. The molecule has 1 aromatic rings. The van der Waals surface area contributed by atoms with E-state index in [0.29, 0.717) is 19.5 Å². The van der Waals surface area contributed by atoms with Crippen LogP contribution in [-0.4, -0.2) is 51.6 Å². The van der Waals surface area contributed by atoms with E-state index < -0.39 is 6.10 Å². The van der Waals surface area contributed by atoms with E-state index in [9.17, 15) is 9.90 Å². The minimum Gasteiger partial charge on any atom is -0.468 e. The largest absolute Gasteiger partial charge is 0.468 e. The van der Waals surface area contributed by atoms with Crippen LogP contribution in [0.4, 0.5) is 0 Å². The van der Waals surface area contributed by atoms with Crippen molar-refractivity contribution in [3.05, 3.63) is 15.9 Å². The fourth-order valence-electron chi connectivity index (χ4n) is 2.65. The molecule has 6 nitrogen and oxygen atoms in total. The molecule has 0 bridgehead atoms. The molecule has 112 valence electrons. The number of hydrogen-bond acceptors (Lipinski definition) is 5. The van der Waals surface area contributed by atoms with Crippen molar-refractivity contribution in [1.82, 2.24) is 14.7 Å². The van der Waals surface area contributed by atoms with E-state index in [0.717, 1.165) is 22.4 Å². The van der Waals surface area contributed by atoms with Crippen LogP contribution in [-0.2, 0) is 22.6 Å². The van der Waals surface area contributed by atoms with Crippen molar-refractivity contribution in [2.45, 2.75) is 45.5 Å². The second-order valence-electron chi connectivity index (χ2n) is 5.02. The van der Waals surface area contributed by atoms with Crippen LogP contribution in [0.5, 0.6) is 0 Å². The highest BCUT2D eigenvalue weighted by molar-refractivity contribution is 9.10. The minimum absolute atomic E-state index is 0.294. The van der Waals surface area contributed by atoms with Crippen molar-refractivity contribution in [1.29, 1.82) is 0 Å². The number of rotatable bonds is 4. The molecule has 1 fully saturated rings. The Hall–Kier alpha value is -0.920. The molecule has 2 atom stereocenters. The van der Waals surface area contributed by atoms with Crippen LogP contribution in [0.15, 0.2) is 4.47 Å². The molecule has 0 amide bonds. The molecular weight excluding hydrogens is 326 g/mol. The molecule has 0 aromatic carbocycles. The number of aliphatic hydroxyl groups excluding tert-OH is 1. The van der Waals surface area contributed by atoms with E-state index in [1.165, 1.54) is 7.11 Å². The van der Waals surface area contributed by atoms with E-state index in [4.69, 9.17) is 4.74 Å². The van der Waals surface area contributed by atoms with Crippen LogP contribution in [0.3, 0.4) is 0 Å². The molecule has 1 saturated heterocycles. The highest BCUT2D eigenvalue weighted by atomic mass is 79.9. The normalized spacial score (nSPS) is 23.2. The van der Waals surface area contributed by atoms with Gasteiger partial charge >= 0.3 is 5.97 Å². The van der Waals surface area contributed by atoms with Crippen LogP contribution in [0.25, 0.3) is 0 Å². The summed E-state index contributed by atoms with van der Waals surface area (Å²) in [5, 5.41) is 14.3. The predicted molar refractivity (Wildman–Crippen MR) is 77.2 cm³/mol. The fourth-order valence-corrected chi connectivity index (χ4v) is 3.06. The number of esters is 1. The average molecular weight is 346 g/mol. The molecule has 20 heavy (non-hydrogen) atoms. The number of carbonyl (C=O) groups is 1. The van der Waals surface area contributed by atoms with E-state index in [1.807, 2.05) is 23.4 Å². The van der Waals surface area contributed by atoms with Crippen LogP contribution in [0, 0.1) is 6.92 Å². The van der Waals surface area contributed by atoms with Gasteiger partial charge in [-0.25, -0.2) is 0 Å². The monoisotopic (exact) mass is 345 g/mol. The number of hydrogen-bond donors (Lipinski definition) is 1. The molecule has 0 radical (unpaired) electrons. The first-order valence-corrected chi connectivity index (χ1v) is 7.48. The van der Waals surface area contributed by atoms with Gasteiger partial charge in [0.15, 0.2) is 0 Å². The third-order valence-electron chi connectivity index (χ3n) is 3.66. The van der Waals surface area contributed by atoms with Crippen molar-refractivity contribution in [2.75, 3.05) is 13.7 Å². The van der Waals surface area contributed by atoms with Crippen molar-refractivity contribution in [2.24, 2.45) is 0 Å². The van der Waals surface area contributed by atoms with Gasteiger partial charge in [0.1, 0.15) is 6.04 Å². The van der Waals surface area contributed by atoms with Crippen LogP contribution in [0.2, 0.25) is 0 Å².